The van der Waals surface area contributed by atoms with Gasteiger partial charge < -0.3 is 18.9 Å². The molecule has 0 saturated heterocycles. The molecule has 0 bridgehead atoms. The van der Waals surface area contributed by atoms with Gasteiger partial charge in [-0.2, -0.15) is 0 Å². The molecule has 0 spiro atoms. The van der Waals surface area contributed by atoms with Gasteiger partial charge in [0.25, 0.3) is 0 Å². The lowest BCUT2D eigenvalue weighted by molar-refractivity contribution is -0.180. The van der Waals surface area contributed by atoms with Crippen LogP contribution < -0.4 is 0 Å². The quantitative estimate of drug-likeness (QED) is 0.123. The number of ether oxygens (including phenoxy) is 4. The zero-order valence-electron chi connectivity index (χ0n) is 30.9. The van der Waals surface area contributed by atoms with Crippen LogP contribution in [0.4, 0.5) is 0 Å². The van der Waals surface area contributed by atoms with Crippen LogP contribution in [0.5, 0.6) is 0 Å². The smallest absolute Gasteiger partial charge is 0.332 e. The number of fused-ring (bicyclic) bond motifs is 2. The molecule has 0 aliphatic heterocycles. The Morgan fingerprint density at radius 2 is 1.22 bits per heavy atom. The molecule has 0 amide bonds. The van der Waals surface area contributed by atoms with E-state index in [-0.39, 0.29) is 25.4 Å². The molecule has 0 radical (unpaired) electrons. The van der Waals surface area contributed by atoms with Crippen molar-refractivity contribution >= 4 is 44.3 Å². The zero-order chi connectivity index (χ0) is 35.1. The fourth-order valence-electron chi connectivity index (χ4n) is 9.66. The highest BCUT2D eigenvalue weighted by Crippen LogP contribution is 2.44. The van der Waals surface area contributed by atoms with Gasteiger partial charge in [0.15, 0.2) is 6.10 Å². The van der Waals surface area contributed by atoms with Crippen LogP contribution in [0.1, 0.15) is 104 Å². The van der Waals surface area contributed by atoms with Crippen molar-refractivity contribution in [1.82, 2.24) is 0 Å². The van der Waals surface area contributed by atoms with E-state index in [1.807, 2.05) is 0 Å². The van der Waals surface area contributed by atoms with Gasteiger partial charge in [0.2, 0.25) is 0 Å². The fourth-order valence-corrected chi connectivity index (χ4v) is 9.66. The van der Waals surface area contributed by atoms with E-state index < -0.39 is 24.1 Å². The predicted octanol–water partition coefficient (Wildman–Crippen LogP) is 9.98. The predicted molar refractivity (Wildman–Crippen MR) is 199 cm³/mol. The minimum atomic E-state index is -0.731. The minimum absolute atomic E-state index is 0.0360. The van der Waals surface area contributed by atoms with Crippen LogP contribution >= 0.6 is 0 Å². The van der Waals surface area contributed by atoms with E-state index in [1.165, 1.54) is 39.8 Å². The number of hydrogen-bond donors (Lipinski definition) is 0. The molecule has 50 heavy (non-hydrogen) atoms. The highest BCUT2D eigenvalue weighted by Gasteiger charge is 2.39. The molecule has 268 valence electrons. The molecule has 0 N–H and O–H groups in total. The number of rotatable bonds is 10. The van der Waals surface area contributed by atoms with Crippen molar-refractivity contribution in [2.45, 2.75) is 117 Å². The van der Waals surface area contributed by atoms with Crippen LogP contribution in [0.2, 0.25) is 0 Å². The molecular formula is C44H56O6. The van der Waals surface area contributed by atoms with Gasteiger partial charge >= 0.3 is 11.9 Å². The lowest BCUT2D eigenvalue weighted by Crippen LogP contribution is -2.38. The van der Waals surface area contributed by atoms with E-state index in [0.717, 1.165) is 48.6 Å². The molecule has 0 aromatic heterocycles. The average Bonchev–Trinajstić information content (AvgIpc) is 3.09. The highest BCUT2D eigenvalue weighted by molar-refractivity contribution is 6.23. The summed E-state index contributed by atoms with van der Waals surface area (Å²) in [4.78, 5) is 27.2. The molecule has 8 atom stereocenters. The Hall–Kier alpha value is -3.22. The first kappa shape index (κ1) is 35.2. The monoisotopic (exact) mass is 680 g/mol. The maximum Gasteiger partial charge on any atom is 0.332 e. The Balaban J connectivity index is 1.15. The molecule has 4 aromatic carbocycles. The molecule has 0 heterocycles. The Bertz CT molecular complexity index is 1790. The molecule has 8 unspecified atom stereocenters. The van der Waals surface area contributed by atoms with Gasteiger partial charge in [-0.05, 0) is 118 Å². The summed E-state index contributed by atoms with van der Waals surface area (Å²) in [5, 5.41) is 7.20. The summed E-state index contributed by atoms with van der Waals surface area (Å²) in [7, 11) is 0. The van der Waals surface area contributed by atoms with E-state index in [9.17, 15) is 9.59 Å². The summed E-state index contributed by atoms with van der Waals surface area (Å²) >= 11 is 0. The van der Waals surface area contributed by atoms with Crippen LogP contribution in [0.3, 0.4) is 0 Å². The van der Waals surface area contributed by atoms with E-state index in [2.05, 4.69) is 90.1 Å². The van der Waals surface area contributed by atoms with E-state index in [0.29, 0.717) is 41.9 Å². The van der Waals surface area contributed by atoms with E-state index >= 15 is 0 Å². The maximum atomic E-state index is 13.7. The highest BCUT2D eigenvalue weighted by atomic mass is 16.6. The molecule has 2 fully saturated rings. The first-order chi connectivity index (χ1) is 24.1. The minimum Gasteiger partial charge on any atom is -0.456 e. The van der Waals surface area contributed by atoms with Gasteiger partial charge in [-0.3, -0.25) is 0 Å². The Kier molecular flexibility index (Phi) is 10.4. The summed E-state index contributed by atoms with van der Waals surface area (Å²) in [6, 6.07) is 17.3. The van der Waals surface area contributed by atoms with E-state index in [1.54, 1.807) is 0 Å². The van der Waals surface area contributed by atoms with Gasteiger partial charge in [0, 0.05) is 5.56 Å². The summed E-state index contributed by atoms with van der Waals surface area (Å²) in [6.45, 7) is 13.3. The van der Waals surface area contributed by atoms with Gasteiger partial charge in [0.05, 0.1) is 12.2 Å². The molecule has 6 nitrogen and oxygen atoms in total. The van der Waals surface area contributed by atoms with Crippen LogP contribution in [0, 0.1) is 35.5 Å². The van der Waals surface area contributed by atoms with Gasteiger partial charge in [-0.15, -0.1) is 0 Å². The van der Waals surface area contributed by atoms with Crippen molar-refractivity contribution in [3.05, 3.63) is 59.7 Å². The molecule has 6 heteroatoms. The Morgan fingerprint density at radius 3 is 1.82 bits per heavy atom. The molecule has 7 rings (SSSR count). The Labute approximate surface area is 297 Å². The normalized spacial score (nSPS) is 28.8. The molecule has 3 aliphatic rings. The largest absolute Gasteiger partial charge is 0.456 e. The van der Waals surface area contributed by atoms with Crippen molar-refractivity contribution in [2.24, 2.45) is 35.5 Å². The molecular weight excluding hydrogens is 624 g/mol. The first-order valence-electron chi connectivity index (χ1n) is 19.4. The standard InChI is InChI=1S/C44H56O6/c1-25(2)32-15-10-27(5)20-38(32)47-23-40(45)49-37-19-18-34-35-17-14-30-9-7-8-29-12-13-31(43(35)42(29)30)22-36(34)44(37)50-41(46)24-48-39-21-28(6)11-16-33(39)26(3)4/h7-9,12-14,17,22,25-28,32-33,37-39,44H,10-11,15-16,18-21,23-24H2,1-6H3. The van der Waals surface area contributed by atoms with Gasteiger partial charge in [-0.1, -0.05) is 96.8 Å². The maximum absolute atomic E-state index is 13.7. The molecule has 3 aliphatic carbocycles. The van der Waals surface area contributed by atoms with Crippen LogP contribution in [0.15, 0.2) is 48.5 Å². The van der Waals surface area contributed by atoms with Crippen molar-refractivity contribution < 1.29 is 28.5 Å². The fraction of sp³-hybridized carbons (Fsp3) is 0.591. The van der Waals surface area contributed by atoms with Crippen molar-refractivity contribution in [1.29, 1.82) is 0 Å². The van der Waals surface area contributed by atoms with Gasteiger partial charge in [0.1, 0.15) is 19.3 Å². The van der Waals surface area contributed by atoms with Crippen molar-refractivity contribution in [3.8, 4) is 0 Å². The molecule has 4 aromatic rings. The second-order valence-electron chi connectivity index (χ2n) is 16.6. The second kappa shape index (κ2) is 14.8. The first-order valence-corrected chi connectivity index (χ1v) is 19.4. The summed E-state index contributed by atoms with van der Waals surface area (Å²) in [5.41, 5.74) is 2.08. The van der Waals surface area contributed by atoms with Crippen LogP contribution in [0.25, 0.3) is 32.3 Å². The van der Waals surface area contributed by atoms with Gasteiger partial charge in [-0.25, -0.2) is 9.59 Å². The molecule has 2 saturated carbocycles. The lowest BCUT2D eigenvalue weighted by Gasteiger charge is -2.38. The number of carbonyl (C=O) groups is 2. The summed E-state index contributed by atoms with van der Waals surface area (Å²) < 4.78 is 25.2. The number of carbonyl (C=O) groups excluding carboxylic acids is 2. The van der Waals surface area contributed by atoms with Crippen molar-refractivity contribution in [2.75, 3.05) is 13.2 Å². The number of aryl methyl sites for hydroxylation is 1. The van der Waals surface area contributed by atoms with E-state index in [4.69, 9.17) is 18.9 Å². The Morgan fingerprint density at radius 1 is 0.660 bits per heavy atom. The lowest BCUT2D eigenvalue weighted by atomic mass is 9.75. The second-order valence-corrected chi connectivity index (χ2v) is 16.6. The topological polar surface area (TPSA) is 71.1 Å². The number of hydrogen-bond acceptors (Lipinski definition) is 6. The number of esters is 2. The average molecular weight is 681 g/mol. The van der Waals surface area contributed by atoms with Crippen LogP contribution in [-0.2, 0) is 35.0 Å². The zero-order valence-corrected chi connectivity index (χ0v) is 30.9. The third-order valence-electron chi connectivity index (χ3n) is 12.4. The van der Waals surface area contributed by atoms with Crippen LogP contribution in [-0.4, -0.2) is 43.5 Å². The SMILES string of the molecule is CC1CCC(C(C)C)C(OCC(=O)OC2CCc3c(cc4ccc5cccc6ccc3c4c56)C2OC(=O)COC2CC(C)CCC2C(C)C)C1. The third-order valence-corrected chi connectivity index (χ3v) is 12.4. The summed E-state index contributed by atoms with van der Waals surface area (Å²) in [6.07, 6.45) is 6.58. The summed E-state index contributed by atoms with van der Waals surface area (Å²) in [5.74, 6) is 2.19. The number of benzene rings is 4. The van der Waals surface area contributed by atoms with Crippen molar-refractivity contribution in [3.63, 3.8) is 0 Å². The third kappa shape index (κ3) is 7.12.